The summed E-state index contributed by atoms with van der Waals surface area (Å²) in [5, 5.41) is 3.26. The van der Waals surface area contributed by atoms with Gasteiger partial charge in [0.05, 0.1) is 23.1 Å². The van der Waals surface area contributed by atoms with E-state index in [1.54, 1.807) is 4.90 Å². The third-order valence-electron chi connectivity index (χ3n) is 5.42. The number of hydrogen-bond donors (Lipinski definition) is 1. The zero-order chi connectivity index (χ0) is 21.5. The first kappa shape index (κ1) is 20.5. The fourth-order valence-electron chi connectivity index (χ4n) is 4.00. The summed E-state index contributed by atoms with van der Waals surface area (Å²) in [5.74, 6) is 0.0334. The molecule has 8 heteroatoms. The van der Waals surface area contributed by atoms with Gasteiger partial charge in [-0.1, -0.05) is 25.2 Å². The predicted molar refractivity (Wildman–Crippen MR) is 115 cm³/mol. The minimum absolute atomic E-state index is 0.0805. The number of ketones is 1. The van der Waals surface area contributed by atoms with E-state index in [0.29, 0.717) is 36.0 Å². The smallest absolute Gasteiger partial charge is 0.231 e. The minimum Gasteiger partial charge on any atom is -0.494 e. The van der Waals surface area contributed by atoms with Gasteiger partial charge in [-0.2, -0.15) is 0 Å². The molecule has 30 heavy (non-hydrogen) atoms. The van der Waals surface area contributed by atoms with Gasteiger partial charge in [-0.15, -0.1) is 0 Å². The Morgan fingerprint density at radius 3 is 2.70 bits per heavy atom. The lowest BCUT2D eigenvalue weighted by atomic mass is 9.78. The Kier molecular flexibility index (Phi) is 5.36. The lowest BCUT2D eigenvalue weighted by Gasteiger charge is -2.26. The molecule has 0 saturated carbocycles. The third-order valence-corrected chi connectivity index (χ3v) is 6.48. The van der Waals surface area contributed by atoms with E-state index in [-0.39, 0.29) is 29.4 Å². The van der Waals surface area contributed by atoms with E-state index in [1.165, 1.54) is 11.3 Å². The van der Waals surface area contributed by atoms with E-state index in [4.69, 9.17) is 4.74 Å². The van der Waals surface area contributed by atoms with Crippen LogP contribution >= 0.6 is 11.3 Å². The van der Waals surface area contributed by atoms with E-state index in [0.717, 1.165) is 17.1 Å². The van der Waals surface area contributed by atoms with Crippen LogP contribution in [0.1, 0.15) is 49.0 Å². The molecule has 0 bridgehead atoms. The largest absolute Gasteiger partial charge is 0.494 e. The summed E-state index contributed by atoms with van der Waals surface area (Å²) in [4.78, 5) is 44.4. The number of nitrogens with one attached hydrogen (secondary N) is 1. The quantitative estimate of drug-likeness (QED) is 0.786. The van der Waals surface area contributed by atoms with Crippen molar-refractivity contribution < 1.29 is 19.1 Å². The first-order valence-corrected chi connectivity index (χ1v) is 10.9. The number of carbonyl (C=O) groups excluding carboxylic acids is 3. The van der Waals surface area contributed by atoms with Crippen LogP contribution in [-0.4, -0.2) is 35.7 Å². The van der Waals surface area contributed by atoms with Gasteiger partial charge in [-0.25, -0.2) is 4.98 Å². The van der Waals surface area contributed by atoms with Crippen LogP contribution < -0.4 is 15.0 Å². The Morgan fingerprint density at radius 1 is 1.27 bits per heavy atom. The van der Waals surface area contributed by atoms with Crippen LogP contribution in [0.4, 0.5) is 10.8 Å². The van der Waals surface area contributed by atoms with E-state index in [2.05, 4.69) is 10.3 Å². The summed E-state index contributed by atoms with van der Waals surface area (Å²) in [7, 11) is 0. The van der Waals surface area contributed by atoms with Crippen molar-refractivity contribution in [1.29, 1.82) is 0 Å². The summed E-state index contributed by atoms with van der Waals surface area (Å²) in [6.45, 7) is 6.90. The predicted octanol–water partition coefficient (Wildman–Crippen LogP) is 3.69. The fourth-order valence-corrected chi connectivity index (χ4v) is 4.93. The molecule has 0 radical (unpaired) electrons. The topological polar surface area (TPSA) is 88.6 Å². The maximum Gasteiger partial charge on any atom is 0.231 e. The highest BCUT2D eigenvalue weighted by Gasteiger charge is 2.37. The van der Waals surface area contributed by atoms with Crippen molar-refractivity contribution in [2.75, 3.05) is 23.4 Å². The van der Waals surface area contributed by atoms with E-state index >= 15 is 0 Å². The average Bonchev–Trinajstić information content (AvgIpc) is 3.25. The molecular formula is C22H25N3O4S. The number of ether oxygens (including phenoxy) is 1. The highest BCUT2D eigenvalue weighted by Crippen LogP contribution is 2.38. The van der Waals surface area contributed by atoms with Gasteiger partial charge in [0.25, 0.3) is 0 Å². The number of carbonyl (C=O) groups is 3. The van der Waals surface area contributed by atoms with Crippen LogP contribution in [0.5, 0.6) is 5.75 Å². The van der Waals surface area contributed by atoms with Crippen LogP contribution in [0.2, 0.25) is 0 Å². The molecule has 2 amide bonds. The summed E-state index contributed by atoms with van der Waals surface area (Å²) in [6.07, 6.45) is 1.35. The standard InChI is InChI=1S/C22H25N3O4S/c1-4-29-15-7-5-14(6-8-15)25-12-13(9-18(25)27)20(28)24-21-23-16-10-22(2,3)11-17(26)19(16)30-21/h5-8,13H,4,9-12H2,1-3H3,(H,23,24,28). The number of hydrogen-bond acceptors (Lipinski definition) is 6. The molecule has 1 aromatic carbocycles. The van der Waals surface area contributed by atoms with E-state index < -0.39 is 5.92 Å². The normalized spacial score (nSPS) is 20.2. The second-order valence-electron chi connectivity index (χ2n) is 8.56. The van der Waals surface area contributed by atoms with Gasteiger partial charge in [0.15, 0.2) is 10.9 Å². The average molecular weight is 428 g/mol. The van der Waals surface area contributed by atoms with Crippen molar-refractivity contribution in [2.24, 2.45) is 11.3 Å². The van der Waals surface area contributed by atoms with Crippen LogP contribution in [0.15, 0.2) is 24.3 Å². The Bertz CT molecular complexity index is 996. The van der Waals surface area contributed by atoms with Crippen LogP contribution in [0, 0.1) is 11.3 Å². The SMILES string of the molecule is CCOc1ccc(N2CC(C(=O)Nc3nc4c(s3)C(=O)CC(C)(C)C4)CC2=O)cc1. The molecule has 1 aliphatic carbocycles. The minimum atomic E-state index is -0.461. The van der Waals surface area contributed by atoms with Gasteiger partial charge < -0.3 is 15.0 Å². The van der Waals surface area contributed by atoms with Crippen LogP contribution in [0.3, 0.4) is 0 Å². The zero-order valence-corrected chi connectivity index (χ0v) is 18.2. The van der Waals surface area contributed by atoms with Crippen LogP contribution in [0.25, 0.3) is 0 Å². The zero-order valence-electron chi connectivity index (χ0n) is 17.4. The second-order valence-corrected chi connectivity index (χ2v) is 9.56. The number of fused-ring (bicyclic) bond motifs is 1. The summed E-state index contributed by atoms with van der Waals surface area (Å²) < 4.78 is 5.43. The van der Waals surface area contributed by atoms with Gasteiger partial charge in [-0.3, -0.25) is 14.4 Å². The first-order chi connectivity index (χ1) is 14.3. The fraction of sp³-hybridized carbons (Fsp3) is 0.455. The highest BCUT2D eigenvalue weighted by atomic mass is 32.1. The molecule has 1 aliphatic heterocycles. The van der Waals surface area contributed by atoms with Crippen molar-refractivity contribution in [2.45, 2.75) is 40.0 Å². The van der Waals surface area contributed by atoms with Crippen molar-refractivity contribution in [3.05, 3.63) is 34.8 Å². The molecule has 2 heterocycles. The molecule has 2 aliphatic rings. The van der Waals surface area contributed by atoms with Gasteiger partial charge in [0.1, 0.15) is 5.75 Å². The third kappa shape index (κ3) is 4.09. The molecule has 1 N–H and O–H groups in total. The lowest BCUT2D eigenvalue weighted by molar-refractivity contribution is -0.122. The molecule has 1 saturated heterocycles. The molecule has 1 aromatic heterocycles. The molecule has 1 fully saturated rings. The molecule has 0 spiro atoms. The Morgan fingerprint density at radius 2 is 2.00 bits per heavy atom. The lowest BCUT2D eigenvalue weighted by Crippen LogP contribution is -2.28. The monoisotopic (exact) mass is 427 g/mol. The maximum absolute atomic E-state index is 12.8. The molecule has 2 aromatic rings. The number of Topliss-reactive ketones (excluding diaryl/α,β-unsaturated/α-hetero) is 1. The Hall–Kier alpha value is -2.74. The van der Waals surface area contributed by atoms with Crippen molar-refractivity contribution >= 4 is 39.8 Å². The van der Waals surface area contributed by atoms with Crippen molar-refractivity contribution in [3.63, 3.8) is 0 Å². The number of aromatic nitrogens is 1. The number of amides is 2. The summed E-state index contributed by atoms with van der Waals surface area (Å²) >= 11 is 1.23. The van der Waals surface area contributed by atoms with Crippen molar-refractivity contribution in [3.8, 4) is 5.75 Å². The van der Waals surface area contributed by atoms with Crippen LogP contribution in [-0.2, 0) is 16.0 Å². The number of benzene rings is 1. The molecule has 1 unspecified atom stereocenters. The molecule has 4 rings (SSSR count). The summed E-state index contributed by atoms with van der Waals surface area (Å²) in [5.41, 5.74) is 1.39. The molecular weight excluding hydrogens is 402 g/mol. The first-order valence-electron chi connectivity index (χ1n) is 10.1. The molecule has 158 valence electrons. The second kappa shape index (κ2) is 7.83. The molecule has 7 nitrogen and oxygen atoms in total. The number of anilines is 2. The Labute approximate surface area is 179 Å². The maximum atomic E-state index is 12.8. The van der Waals surface area contributed by atoms with Gasteiger partial charge in [0.2, 0.25) is 11.8 Å². The number of thiazole rings is 1. The highest BCUT2D eigenvalue weighted by molar-refractivity contribution is 7.17. The molecule has 1 atom stereocenters. The van der Waals surface area contributed by atoms with Crippen molar-refractivity contribution in [1.82, 2.24) is 4.98 Å². The van der Waals surface area contributed by atoms with E-state index in [9.17, 15) is 14.4 Å². The number of nitrogens with zero attached hydrogens (tertiary/aromatic N) is 2. The van der Waals surface area contributed by atoms with Gasteiger partial charge >= 0.3 is 0 Å². The van der Waals surface area contributed by atoms with Gasteiger partial charge in [-0.05, 0) is 43.0 Å². The Balaban J connectivity index is 1.43. The summed E-state index contributed by atoms with van der Waals surface area (Å²) in [6, 6.07) is 7.28. The number of rotatable bonds is 5. The van der Waals surface area contributed by atoms with Gasteiger partial charge in [0, 0.05) is 25.1 Å². The van der Waals surface area contributed by atoms with E-state index in [1.807, 2.05) is 45.0 Å².